The van der Waals surface area contributed by atoms with Crippen molar-refractivity contribution in [1.82, 2.24) is 19.9 Å². The zero-order valence-corrected chi connectivity index (χ0v) is 52.5. The average Bonchev–Trinajstić information content (AvgIpc) is 4.24. The molecule has 2 aliphatic heterocycles. The first-order valence-corrected chi connectivity index (χ1v) is 31.5. The second-order valence-electron chi connectivity index (χ2n) is 28.7. The highest BCUT2D eigenvalue weighted by Crippen LogP contribution is 2.48. The molecule has 5 heterocycles. The van der Waals surface area contributed by atoms with E-state index < -0.39 is 6.04 Å². The normalized spacial score (nSPS) is 13.6. The van der Waals surface area contributed by atoms with E-state index in [1.807, 2.05) is 0 Å². The van der Waals surface area contributed by atoms with Crippen LogP contribution in [0.15, 0.2) is 140 Å². The SMILES string of the molecule is CC(C)(C)c1cc(-c2c3nc(c(-c4cc(C(C)(C)C)cc(C(C)(C)C)c4)c4ccc([nH]4)c(P(=S)(c4ccccc4)c4ccccc4)c4nc(c(-c5cc(C(C)(C)C)cc(C(C)(C)C)c5)c5ccc2[nH]5)C=C4)C=C3)cc(C(C)(C)C)c1. The lowest BCUT2D eigenvalue weighted by Crippen LogP contribution is -2.27. The number of aromatic nitrogens is 4. The van der Waals surface area contributed by atoms with Gasteiger partial charge < -0.3 is 9.97 Å². The van der Waals surface area contributed by atoms with Crippen molar-refractivity contribution >= 4 is 80.1 Å². The molecule has 6 heteroatoms. The Balaban J connectivity index is 1.47. The lowest BCUT2D eigenvalue weighted by Gasteiger charge is -2.26. The minimum Gasteiger partial charge on any atom is -0.354 e. The number of aromatic amines is 2. The molecule has 3 aromatic heterocycles. The molecule has 5 aromatic carbocycles. The summed E-state index contributed by atoms with van der Waals surface area (Å²) in [6, 6.07) is 49.3. The maximum atomic E-state index is 7.38. The second-order valence-corrected chi connectivity index (χ2v) is 33.0. The molecule has 8 aromatic rings. The molecule has 0 saturated heterocycles. The number of rotatable bonds is 6. The molecule has 0 radical (unpaired) electrons. The summed E-state index contributed by atoms with van der Waals surface area (Å²) in [5.74, 6) is 0. The summed E-state index contributed by atoms with van der Waals surface area (Å²) in [5, 5.41) is 3.22. The van der Waals surface area contributed by atoms with E-state index in [1.165, 1.54) is 33.4 Å². The zero-order chi connectivity index (χ0) is 57.7. The van der Waals surface area contributed by atoms with E-state index >= 15 is 0 Å². The highest BCUT2D eigenvalue weighted by molar-refractivity contribution is 8.25. The van der Waals surface area contributed by atoms with Crippen LogP contribution in [0.1, 0.15) is 181 Å². The van der Waals surface area contributed by atoms with Crippen LogP contribution in [-0.4, -0.2) is 19.9 Å². The van der Waals surface area contributed by atoms with Crippen LogP contribution in [-0.2, 0) is 44.3 Å². The number of nitrogens with one attached hydrogen (secondary N) is 2. The minimum atomic E-state index is -2.86. The van der Waals surface area contributed by atoms with Crippen LogP contribution in [0.3, 0.4) is 0 Å². The molecule has 4 nitrogen and oxygen atoms in total. The summed E-state index contributed by atoms with van der Waals surface area (Å²) in [7, 11) is 0. The Morgan fingerprint density at radius 2 is 0.562 bits per heavy atom. The van der Waals surface area contributed by atoms with E-state index in [2.05, 4.69) is 298 Å². The van der Waals surface area contributed by atoms with Gasteiger partial charge in [-0.05, 0) is 142 Å². The molecule has 80 heavy (non-hydrogen) atoms. The molecule has 0 aliphatic carbocycles. The lowest BCUT2D eigenvalue weighted by atomic mass is 9.78. The van der Waals surface area contributed by atoms with Crippen molar-refractivity contribution in [3.63, 3.8) is 0 Å². The smallest absolute Gasteiger partial charge is 0.0749 e. The summed E-state index contributed by atoms with van der Waals surface area (Å²) < 4.78 is 0. The fourth-order valence-electron chi connectivity index (χ4n) is 11.0. The van der Waals surface area contributed by atoms with E-state index in [4.69, 9.17) is 21.8 Å². The average molecular weight is 1090 g/mol. The van der Waals surface area contributed by atoms with Crippen molar-refractivity contribution < 1.29 is 0 Å². The summed E-state index contributed by atoms with van der Waals surface area (Å²) in [4.78, 5) is 20.0. The number of hydrogen-bond donors (Lipinski definition) is 2. The largest absolute Gasteiger partial charge is 0.354 e. The highest BCUT2D eigenvalue weighted by Gasteiger charge is 2.32. The predicted molar refractivity (Wildman–Crippen MR) is 353 cm³/mol. The van der Waals surface area contributed by atoms with Crippen LogP contribution in [0.25, 0.3) is 79.8 Å². The van der Waals surface area contributed by atoms with E-state index in [0.717, 1.165) is 94.1 Å². The number of benzene rings is 5. The van der Waals surface area contributed by atoms with Crippen LogP contribution >= 0.6 is 6.04 Å². The summed E-state index contributed by atoms with van der Waals surface area (Å²) >= 11 is 7.38. The van der Waals surface area contributed by atoms with Crippen molar-refractivity contribution in [1.29, 1.82) is 0 Å². The molecule has 0 fully saturated rings. The van der Waals surface area contributed by atoms with E-state index in [0.29, 0.717) is 0 Å². The fraction of sp³-hybridized carbons (Fsp3) is 0.324. The Hall–Kier alpha value is -6.65. The quantitative estimate of drug-likeness (QED) is 0.163. The van der Waals surface area contributed by atoms with Gasteiger partial charge in [0.25, 0.3) is 0 Å². The molecule has 10 rings (SSSR count). The first-order chi connectivity index (χ1) is 37.3. The molecule has 0 spiro atoms. The van der Waals surface area contributed by atoms with Gasteiger partial charge in [-0.1, -0.05) is 252 Å². The van der Waals surface area contributed by atoms with Crippen LogP contribution in [0.2, 0.25) is 0 Å². The maximum Gasteiger partial charge on any atom is 0.0749 e. The molecule has 0 amide bonds. The maximum absolute atomic E-state index is 7.38. The number of nitrogens with zero attached hydrogens (tertiary/aromatic N) is 2. The highest BCUT2D eigenvalue weighted by atomic mass is 32.4. The minimum absolute atomic E-state index is 0.109. The van der Waals surface area contributed by atoms with Crippen LogP contribution in [0, 0.1) is 0 Å². The third-order valence-corrected chi connectivity index (χ3v) is 21.1. The molecule has 2 N–H and O–H groups in total. The second kappa shape index (κ2) is 20.1. The summed E-state index contributed by atoms with van der Waals surface area (Å²) in [5.41, 5.74) is 20.8. The zero-order valence-electron chi connectivity index (χ0n) is 50.8. The molecular formula is C74H83N4PS. The third kappa shape index (κ3) is 11.0. The van der Waals surface area contributed by atoms with Gasteiger partial charge in [0.2, 0.25) is 0 Å². The van der Waals surface area contributed by atoms with Gasteiger partial charge in [-0.3, -0.25) is 0 Å². The van der Waals surface area contributed by atoms with E-state index in [-0.39, 0.29) is 32.5 Å². The van der Waals surface area contributed by atoms with Gasteiger partial charge >= 0.3 is 0 Å². The topological polar surface area (TPSA) is 57.4 Å². The Kier molecular flexibility index (Phi) is 14.2. The van der Waals surface area contributed by atoms with Crippen molar-refractivity contribution in [2.24, 2.45) is 0 Å². The monoisotopic (exact) mass is 1090 g/mol. The molecule has 2 aliphatic rings. The molecule has 0 saturated carbocycles. The molecule has 0 atom stereocenters. The Morgan fingerprint density at radius 1 is 0.312 bits per heavy atom. The number of hydrogen-bond acceptors (Lipinski definition) is 3. The van der Waals surface area contributed by atoms with Crippen LogP contribution in [0.4, 0.5) is 0 Å². The Morgan fingerprint density at radius 3 is 0.850 bits per heavy atom. The first kappa shape index (κ1) is 56.6. The van der Waals surface area contributed by atoms with E-state index in [9.17, 15) is 0 Å². The van der Waals surface area contributed by atoms with Gasteiger partial charge in [-0.25, -0.2) is 9.97 Å². The van der Waals surface area contributed by atoms with Crippen molar-refractivity contribution in [3.8, 4) is 33.4 Å². The summed E-state index contributed by atoms with van der Waals surface area (Å²) in [6.07, 6.45) is 8.93. The van der Waals surface area contributed by atoms with Crippen LogP contribution in [0.5, 0.6) is 0 Å². The van der Waals surface area contributed by atoms with E-state index in [1.54, 1.807) is 0 Å². The van der Waals surface area contributed by atoms with Gasteiger partial charge in [-0.2, -0.15) is 0 Å². The molecular weight excluding hydrogens is 1010 g/mol. The predicted octanol–water partition coefficient (Wildman–Crippen LogP) is 19.2. The molecule has 8 bridgehead atoms. The lowest BCUT2D eigenvalue weighted by molar-refractivity contribution is 0.568. The van der Waals surface area contributed by atoms with Gasteiger partial charge in [0.1, 0.15) is 0 Å². The van der Waals surface area contributed by atoms with Gasteiger partial charge in [0.05, 0.1) is 22.8 Å². The first-order valence-electron chi connectivity index (χ1n) is 28.7. The molecule has 410 valence electrons. The summed E-state index contributed by atoms with van der Waals surface area (Å²) in [6.45, 7) is 41.7. The fourth-order valence-corrected chi connectivity index (χ4v) is 15.3. The van der Waals surface area contributed by atoms with Gasteiger partial charge in [-0.15, -0.1) is 0 Å². The Bertz CT molecular complexity index is 3790. The standard InChI is InChI=1S/C74H83N4PS/c1-69(2,3)49-37-46(38-50(43-49)70(4,5)6)65-57-29-31-59(75-57)66(47-39-51(71(7,8)9)44-52(40-47)72(10,11)12)61-33-35-63(77-61)68(79(80,55-25-21-19-22-26-55)56-27-23-20-24-28-56)64-36-34-62(78-64)67(60-32-30-58(65)76-60)48-41-53(73(13,14)15)45-54(42-48)74(16,17)18/h19-45,75,78H,1-18H3. The van der Waals surface area contributed by atoms with Crippen molar-refractivity contribution in [2.45, 2.75) is 157 Å². The number of H-pyrrole nitrogens is 2. The Labute approximate surface area is 483 Å². The van der Waals surface area contributed by atoms with Crippen LogP contribution < -0.4 is 15.9 Å². The number of fused-ring (bicyclic) bond motifs is 8. The third-order valence-electron chi connectivity index (χ3n) is 16.1. The molecule has 0 unspecified atom stereocenters. The van der Waals surface area contributed by atoms with Crippen molar-refractivity contribution in [3.05, 3.63) is 196 Å². The van der Waals surface area contributed by atoms with Crippen molar-refractivity contribution in [2.75, 3.05) is 0 Å². The van der Waals surface area contributed by atoms with Gasteiger partial charge in [0, 0.05) is 50.1 Å². The van der Waals surface area contributed by atoms with Gasteiger partial charge in [0.15, 0.2) is 0 Å².